The molecule has 1 amide bonds. The lowest BCUT2D eigenvalue weighted by atomic mass is 10.0. The van der Waals surface area contributed by atoms with Crippen molar-refractivity contribution in [2.45, 2.75) is 46.1 Å². The lowest BCUT2D eigenvalue weighted by Crippen LogP contribution is -2.35. The van der Waals surface area contributed by atoms with Gasteiger partial charge in [0.1, 0.15) is 5.69 Å². The summed E-state index contributed by atoms with van der Waals surface area (Å²) < 4.78 is 1.73. The summed E-state index contributed by atoms with van der Waals surface area (Å²) in [6.45, 7) is 6.27. The fourth-order valence-corrected chi connectivity index (χ4v) is 3.23. The molecule has 0 aliphatic carbocycles. The number of nitrogens with zero attached hydrogens (tertiary/aromatic N) is 4. The molecule has 1 aliphatic heterocycles. The first-order valence-corrected chi connectivity index (χ1v) is 8.91. The number of carbonyl (C=O) groups is 1. The van der Waals surface area contributed by atoms with Gasteiger partial charge in [-0.25, -0.2) is 0 Å². The Morgan fingerprint density at radius 3 is 2.64 bits per heavy atom. The number of hydrogen-bond acceptors (Lipinski definition) is 3. The van der Waals surface area contributed by atoms with Gasteiger partial charge in [-0.2, -0.15) is 10.4 Å². The van der Waals surface area contributed by atoms with Crippen LogP contribution in [0, 0.1) is 25.2 Å². The molecule has 1 aromatic carbocycles. The summed E-state index contributed by atoms with van der Waals surface area (Å²) in [6.07, 6.45) is 5.50. The summed E-state index contributed by atoms with van der Waals surface area (Å²) in [5.74, 6) is 0.0520. The molecule has 0 spiro atoms. The van der Waals surface area contributed by atoms with Gasteiger partial charge in [-0.15, -0.1) is 0 Å². The minimum Gasteiger partial charge on any atom is -0.339 e. The SMILES string of the molecule is Cc1ccc(-c2nn(CCC#N)cc2C(=O)N2CCCCC2)cc1C. The molecule has 5 heteroatoms. The zero-order valence-electron chi connectivity index (χ0n) is 15.0. The molecule has 1 aromatic heterocycles. The summed E-state index contributed by atoms with van der Waals surface area (Å²) in [7, 11) is 0. The molecule has 0 N–H and O–H groups in total. The number of piperidine rings is 1. The third kappa shape index (κ3) is 3.74. The highest BCUT2D eigenvalue weighted by atomic mass is 16.2. The van der Waals surface area contributed by atoms with E-state index < -0.39 is 0 Å². The van der Waals surface area contributed by atoms with Crippen molar-refractivity contribution < 1.29 is 4.79 Å². The van der Waals surface area contributed by atoms with Crippen LogP contribution in [-0.2, 0) is 6.54 Å². The number of aromatic nitrogens is 2. The summed E-state index contributed by atoms with van der Waals surface area (Å²) in [4.78, 5) is 15.0. The van der Waals surface area contributed by atoms with Crippen LogP contribution in [0.15, 0.2) is 24.4 Å². The fraction of sp³-hybridized carbons (Fsp3) is 0.450. The van der Waals surface area contributed by atoms with Crippen molar-refractivity contribution in [1.29, 1.82) is 5.26 Å². The van der Waals surface area contributed by atoms with Crippen LogP contribution in [0.2, 0.25) is 0 Å². The first kappa shape index (κ1) is 17.2. The normalized spacial score (nSPS) is 14.4. The molecule has 0 unspecified atom stereocenters. The van der Waals surface area contributed by atoms with Gasteiger partial charge in [-0.3, -0.25) is 9.48 Å². The highest BCUT2D eigenvalue weighted by Gasteiger charge is 2.24. The molecule has 1 saturated heterocycles. The third-order valence-corrected chi connectivity index (χ3v) is 4.87. The van der Waals surface area contributed by atoms with Crippen molar-refractivity contribution in [3.05, 3.63) is 41.1 Å². The second-order valence-electron chi connectivity index (χ2n) is 6.71. The molecule has 0 bridgehead atoms. The largest absolute Gasteiger partial charge is 0.339 e. The van der Waals surface area contributed by atoms with E-state index in [1.165, 1.54) is 17.5 Å². The summed E-state index contributed by atoms with van der Waals surface area (Å²) in [5.41, 5.74) is 4.72. The molecule has 5 nitrogen and oxygen atoms in total. The average molecular weight is 336 g/mol. The Morgan fingerprint density at radius 1 is 1.20 bits per heavy atom. The van der Waals surface area contributed by atoms with Crippen LogP contribution in [-0.4, -0.2) is 33.7 Å². The monoisotopic (exact) mass is 336 g/mol. The van der Waals surface area contributed by atoms with Gasteiger partial charge in [0.05, 0.1) is 24.6 Å². The molecule has 0 radical (unpaired) electrons. The van der Waals surface area contributed by atoms with E-state index in [9.17, 15) is 4.79 Å². The molecule has 0 atom stereocenters. The molecular weight excluding hydrogens is 312 g/mol. The predicted octanol–water partition coefficient (Wildman–Crippen LogP) is 3.71. The molecule has 2 aromatic rings. The second kappa shape index (κ2) is 7.52. The molecule has 1 fully saturated rings. The maximum atomic E-state index is 13.0. The van der Waals surface area contributed by atoms with Crippen LogP contribution in [0.1, 0.15) is 47.2 Å². The minimum atomic E-state index is 0.0520. The van der Waals surface area contributed by atoms with E-state index in [0.717, 1.165) is 37.2 Å². The maximum Gasteiger partial charge on any atom is 0.257 e. The number of rotatable bonds is 4. The van der Waals surface area contributed by atoms with E-state index in [0.29, 0.717) is 18.5 Å². The summed E-state index contributed by atoms with van der Waals surface area (Å²) in [6, 6.07) is 8.30. The number of likely N-dealkylation sites (tertiary alicyclic amines) is 1. The molecule has 130 valence electrons. The molecule has 3 rings (SSSR count). The van der Waals surface area contributed by atoms with Gasteiger partial charge in [-0.1, -0.05) is 12.1 Å². The molecule has 1 aliphatic rings. The van der Waals surface area contributed by atoms with Crippen molar-refractivity contribution in [2.24, 2.45) is 0 Å². The van der Waals surface area contributed by atoms with Gasteiger partial charge in [-0.05, 0) is 50.3 Å². The minimum absolute atomic E-state index is 0.0520. The second-order valence-corrected chi connectivity index (χ2v) is 6.71. The zero-order valence-corrected chi connectivity index (χ0v) is 15.0. The Bertz CT molecular complexity index is 810. The predicted molar refractivity (Wildman–Crippen MR) is 97.1 cm³/mol. The van der Waals surface area contributed by atoms with Crippen LogP contribution < -0.4 is 0 Å². The Hall–Kier alpha value is -2.61. The number of benzene rings is 1. The first-order valence-electron chi connectivity index (χ1n) is 8.91. The van der Waals surface area contributed by atoms with Gasteiger partial charge < -0.3 is 4.90 Å². The molecule has 0 saturated carbocycles. The number of hydrogen-bond donors (Lipinski definition) is 0. The van der Waals surface area contributed by atoms with E-state index in [1.54, 1.807) is 10.9 Å². The Balaban J connectivity index is 1.99. The van der Waals surface area contributed by atoms with E-state index in [2.05, 4.69) is 37.1 Å². The van der Waals surface area contributed by atoms with E-state index in [4.69, 9.17) is 5.26 Å². The smallest absolute Gasteiger partial charge is 0.257 e. The Kier molecular flexibility index (Phi) is 5.18. The van der Waals surface area contributed by atoms with Gasteiger partial charge in [0.25, 0.3) is 5.91 Å². The van der Waals surface area contributed by atoms with Crippen LogP contribution in [0.25, 0.3) is 11.3 Å². The quantitative estimate of drug-likeness (QED) is 0.855. The maximum absolute atomic E-state index is 13.0. The highest BCUT2D eigenvalue weighted by molar-refractivity contribution is 5.99. The highest BCUT2D eigenvalue weighted by Crippen LogP contribution is 2.26. The first-order chi connectivity index (χ1) is 12.1. The molecular formula is C20H24N4O. The van der Waals surface area contributed by atoms with Crippen LogP contribution >= 0.6 is 0 Å². The third-order valence-electron chi connectivity index (χ3n) is 4.87. The van der Waals surface area contributed by atoms with Crippen LogP contribution in [0.5, 0.6) is 0 Å². The van der Waals surface area contributed by atoms with Crippen molar-refractivity contribution in [2.75, 3.05) is 13.1 Å². The van der Waals surface area contributed by atoms with Gasteiger partial charge >= 0.3 is 0 Å². The fourth-order valence-electron chi connectivity index (χ4n) is 3.23. The number of nitriles is 1. The van der Waals surface area contributed by atoms with Gasteiger partial charge in [0.15, 0.2) is 0 Å². The zero-order chi connectivity index (χ0) is 17.8. The van der Waals surface area contributed by atoms with Crippen LogP contribution in [0.4, 0.5) is 0 Å². The number of amides is 1. The summed E-state index contributed by atoms with van der Waals surface area (Å²) in [5, 5.41) is 13.5. The molecule has 25 heavy (non-hydrogen) atoms. The lowest BCUT2D eigenvalue weighted by Gasteiger charge is -2.26. The Labute approximate surface area is 148 Å². The topological polar surface area (TPSA) is 61.9 Å². The van der Waals surface area contributed by atoms with Crippen molar-refractivity contribution >= 4 is 5.91 Å². The number of carbonyl (C=O) groups excluding carboxylic acids is 1. The standard InChI is InChI=1S/C20H24N4O/c1-15-7-8-17(13-16(15)2)19-18(14-24(22-19)12-6-9-21)20(25)23-10-4-3-5-11-23/h7-8,13-14H,3-6,10-12H2,1-2H3. The lowest BCUT2D eigenvalue weighted by molar-refractivity contribution is 0.0725. The van der Waals surface area contributed by atoms with E-state index in [1.807, 2.05) is 11.0 Å². The summed E-state index contributed by atoms with van der Waals surface area (Å²) >= 11 is 0. The molecule has 2 heterocycles. The van der Waals surface area contributed by atoms with Crippen LogP contribution in [0.3, 0.4) is 0 Å². The van der Waals surface area contributed by atoms with Gasteiger partial charge in [0, 0.05) is 24.8 Å². The average Bonchev–Trinajstić information content (AvgIpc) is 3.06. The van der Waals surface area contributed by atoms with Crippen molar-refractivity contribution in [3.63, 3.8) is 0 Å². The Morgan fingerprint density at radius 2 is 1.96 bits per heavy atom. The number of aryl methyl sites for hydroxylation is 3. The van der Waals surface area contributed by atoms with E-state index >= 15 is 0 Å². The van der Waals surface area contributed by atoms with Crippen molar-refractivity contribution in [1.82, 2.24) is 14.7 Å². The van der Waals surface area contributed by atoms with Gasteiger partial charge in [0.2, 0.25) is 0 Å². The van der Waals surface area contributed by atoms with Crippen molar-refractivity contribution in [3.8, 4) is 17.3 Å². The van der Waals surface area contributed by atoms with E-state index in [-0.39, 0.29) is 5.91 Å².